The molecular weight excluding hydrogens is 362 g/mol. The van der Waals surface area contributed by atoms with E-state index in [4.69, 9.17) is 4.74 Å². The van der Waals surface area contributed by atoms with E-state index in [9.17, 15) is 19.5 Å². The lowest BCUT2D eigenvalue weighted by molar-refractivity contribution is -0.146. The smallest absolute Gasteiger partial charge is 0.246 e. The van der Waals surface area contributed by atoms with E-state index in [0.717, 1.165) is 6.42 Å². The van der Waals surface area contributed by atoms with Gasteiger partial charge >= 0.3 is 0 Å². The first kappa shape index (κ1) is 21.0. The van der Waals surface area contributed by atoms with Crippen LogP contribution in [0, 0.1) is 11.8 Å². The normalized spacial score (nSPS) is 36.1. The third kappa shape index (κ3) is 3.10. The quantitative estimate of drug-likeness (QED) is 0.544. The molecule has 0 aromatic heterocycles. The van der Waals surface area contributed by atoms with Gasteiger partial charge < -0.3 is 25.4 Å². The van der Waals surface area contributed by atoms with Gasteiger partial charge in [0.1, 0.15) is 11.6 Å². The highest BCUT2D eigenvalue weighted by Crippen LogP contribution is 2.63. The molecule has 158 valence electrons. The molecule has 0 saturated carbocycles. The summed E-state index contributed by atoms with van der Waals surface area (Å²) in [4.78, 5) is 41.0. The van der Waals surface area contributed by atoms with E-state index in [2.05, 4.69) is 10.6 Å². The van der Waals surface area contributed by atoms with Gasteiger partial charge in [-0.15, -0.1) is 0 Å². The predicted octanol–water partition coefficient (Wildman–Crippen LogP) is 0.184. The number of carbonyl (C=O) groups is 3. The van der Waals surface area contributed by atoms with Gasteiger partial charge in [-0.05, 0) is 46.5 Å². The molecule has 0 aromatic rings. The summed E-state index contributed by atoms with van der Waals surface area (Å²) in [6.07, 6.45) is 2.40. The van der Waals surface area contributed by atoms with Crippen molar-refractivity contribution >= 4 is 17.7 Å². The number of aliphatic hydroxyl groups is 1. The third-order valence-corrected chi connectivity index (χ3v) is 6.34. The fourth-order valence-corrected chi connectivity index (χ4v) is 5.33. The largest absolute Gasteiger partial charge is 0.396 e. The molecular formula is C20H33N3O5. The first-order valence-electron chi connectivity index (χ1n) is 10.4. The van der Waals surface area contributed by atoms with E-state index >= 15 is 0 Å². The van der Waals surface area contributed by atoms with Crippen LogP contribution in [0.5, 0.6) is 0 Å². The Morgan fingerprint density at radius 3 is 2.64 bits per heavy atom. The minimum atomic E-state index is -0.978. The van der Waals surface area contributed by atoms with Crippen LogP contribution in [0.15, 0.2) is 0 Å². The molecule has 3 amide bonds. The minimum Gasteiger partial charge on any atom is -0.396 e. The molecule has 3 aliphatic heterocycles. The van der Waals surface area contributed by atoms with E-state index in [1.807, 2.05) is 27.7 Å². The Balaban J connectivity index is 1.99. The van der Waals surface area contributed by atoms with Gasteiger partial charge in [-0.1, -0.05) is 6.92 Å². The maximum absolute atomic E-state index is 13.4. The van der Waals surface area contributed by atoms with Crippen LogP contribution in [-0.2, 0) is 19.1 Å². The Bertz CT molecular complexity index is 654. The number of fused-ring (bicyclic) bond motifs is 1. The highest BCUT2D eigenvalue weighted by molar-refractivity contribution is 5.99. The maximum atomic E-state index is 13.4. The van der Waals surface area contributed by atoms with Gasteiger partial charge in [0.15, 0.2) is 0 Å². The summed E-state index contributed by atoms with van der Waals surface area (Å²) < 4.78 is 6.43. The van der Waals surface area contributed by atoms with Gasteiger partial charge in [0.05, 0.1) is 17.4 Å². The predicted molar refractivity (Wildman–Crippen MR) is 102 cm³/mol. The zero-order chi connectivity index (χ0) is 20.7. The van der Waals surface area contributed by atoms with E-state index < -0.39 is 29.1 Å². The Hall–Kier alpha value is -1.67. The lowest BCUT2D eigenvalue weighted by Crippen LogP contribution is -2.56. The second-order valence-electron chi connectivity index (χ2n) is 8.79. The summed E-state index contributed by atoms with van der Waals surface area (Å²) in [5.74, 6) is -1.89. The summed E-state index contributed by atoms with van der Waals surface area (Å²) in [7, 11) is 0. The van der Waals surface area contributed by atoms with Crippen molar-refractivity contribution in [3.63, 3.8) is 0 Å². The zero-order valence-corrected chi connectivity index (χ0v) is 17.3. The monoisotopic (exact) mass is 395 g/mol. The maximum Gasteiger partial charge on any atom is 0.246 e. The van der Waals surface area contributed by atoms with E-state index in [0.29, 0.717) is 25.8 Å². The van der Waals surface area contributed by atoms with Crippen molar-refractivity contribution < 1.29 is 24.2 Å². The van der Waals surface area contributed by atoms with E-state index in [1.54, 1.807) is 0 Å². The van der Waals surface area contributed by atoms with Gasteiger partial charge in [0, 0.05) is 25.7 Å². The molecule has 3 saturated heterocycles. The summed E-state index contributed by atoms with van der Waals surface area (Å²) in [6.45, 7) is 8.36. The third-order valence-electron chi connectivity index (χ3n) is 6.34. The van der Waals surface area contributed by atoms with Crippen LogP contribution < -0.4 is 10.6 Å². The van der Waals surface area contributed by atoms with Crippen molar-refractivity contribution in [3.8, 4) is 0 Å². The standard InChI is InChI=1S/C20H33N3O5/c1-5-9-21-16(25)13-14-18(27)23(10-6-11-24)15(17(26)22-12(2)3)20(14)8-7-19(13,4)28-20/h12-15,24H,5-11H2,1-4H3,(H,21,25)(H,22,26)/t13-,14-,15?,19+,20?/m0/s1. The van der Waals surface area contributed by atoms with Crippen molar-refractivity contribution in [2.45, 2.75) is 76.7 Å². The Kier molecular flexibility index (Phi) is 5.74. The zero-order valence-electron chi connectivity index (χ0n) is 17.3. The number of hydrogen-bond acceptors (Lipinski definition) is 5. The van der Waals surface area contributed by atoms with Crippen molar-refractivity contribution in [3.05, 3.63) is 0 Å². The van der Waals surface area contributed by atoms with Gasteiger partial charge in [-0.25, -0.2) is 0 Å². The van der Waals surface area contributed by atoms with Gasteiger partial charge in [0.2, 0.25) is 17.7 Å². The molecule has 28 heavy (non-hydrogen) atoms. The van der Waals surface area contributed by atoms with Crippen LogP contribution in [0.3, 0.4) is 0 Å². The summed E-state index contributed by atoms with van der Waals surface area (Å²) in [6, 6.07) is -0.847. The van der Waals surface area contributed by atoms with Gasteiger partial charge in [0.25, 0.3) is 0 Å². The molecule has 3 aliphatic rings. The molecule has 3 heterocycles. The fraction of sp³-hybridized carbons (Fsp3) is 0.850. The van der Waals surface area contributed by atoms with Gasteiger partial charge in [-0.2, -0.15) is 0 Å². The first-order valence-corrected chi connectivity index (χ1v) is 10.4. The molecule has 5 atom stereocenters. The van der Waals surface area contributed by atoms with Crippen molar-refractivity contribution in [2.75, 3.05) is 19.7 Å². The molecule has 0 radical (unpaired) electrons. The number of amides is 3. The van der Waals surface area contributed by atoms with Crippen LogP contribution in [0.2, 0.25) is 0 Å². The number of hydrogen-bond donors (Lipinski definition) is 3. The second kappa shape index (κ2) is 7.63. The second-order valence-corrected chi connectivity index (χ2v) is 8.79. The molecule has 3 rings (SSSR count). The summed E-state index contributed by atoms with van der Waals surface area (Å²) in [5, 5.41) is 15.1. The fourth-order valence-electron chi connectivity index (χ4n) is 5.33. The van der Waals surface area contributed by atoms with Crippen molar-refractivity contribution in [1.29, 1.82) is 0 Å². The first-order chi connectivity index (χ1) is 13.2. The van der Waals surface area contributed by atoms with Crippen LogP contribution in [-0.4, -0.2) is 70.7 Å². The number of nitrogens with zero attached hydrogens (tertiary/aromatic N) is 1. The molecule has 8 heteroatoms. The average molecular weight is 396 g/mol. The highest BCUT2D eigenvalue weighted by Gasteiger charge is 2.77. The number of rotatable bonds is 8. The lowest BCUT2D eigenvalue weighted by atomic mass is 9.66. The molecule has 3 fully saturated rings. The van der Waals surface area contributed by atoms with E-state index in [1.165, 1.54) is 4.90 Å². The number of aliphatic hydroxyl groups excluding tert-OH is 1. The number of ether oxygens (including phenoxy) is 1. The molecule has 0 aliphatic carbocycles. The van der Waals surface area contributed by atoms with E-state index in [-0.39, 0.29) is 36.9 Å². The minimum absolute atomic E-state index is 0.0705. The lowest BCUT2D eigenvalue weighted by Gasteiger charge is -2.33. The average Bonchev–Trinajstić information content (AvgIpc) is 3.18. The number of carbonyl (C=O) groups excluding carboxylic acids is 3. The topological polar surface area (TPSA) is 108 Å². The summed E-state index contributed by atoms with van der Waals surface area (Å²) in [5.41, 5.74) is -1.72. The van der Waals surface area contributed by atoms with Crippen LogP contribution in [0.1, 0.15) is 53.4 Å². The number of likely N-dealkylation sites (tertiary alicyclic amines) is 1. The Morgan fingerprint density at radius 1 is 1.32 bits per heavy atom. The Morgan fingerprint density at radius 2 is 2.04 bits per heavy atom. The molecule has 3 N–H and O–H groups in total. The molecule has 2 bridgehead atoms. The molecule has 0 aromatic carbocycles. The van der Waals surface area contributed by atoms with Gasteiger partial charge in [-0.3, -0.25) is 14.4 Å². The number of nitrogens with one attached hydrogen (secondary N) is 2. The van der Waals surface area contributed by atoms with Crippen LogP contribution in [0.4, 0.5) is 0 Å². The molecule has 8 nitrogen and oxygen atoms in total. The van der Waals surface area contributed by atoms with Crippen molar-refractivity contribution in [1.82, 2.24) is 15.5 Å². The Labute approximate surface area is 166 Å². The highest BCUT2D eigenvalue weighted by atomic mass is 16.5. The van der Waals surface area contributed by atoms with Crippen LogP contribution in [0.25, 0.3) is 0 Å². The molecule has 1 spiro atoms. The SMILES string of the molecule is CCCNC(=O)[C@@H]1[C@H]2C(=O)N(CCCO)C(C(=O)NC(C)C)C23CC[C@@]1(C)O3. The summed E-state index contributed by atoms with van der Waals surface area (Å²) >= 11 is 0. The molecule has 2 unspecified atom stereocenters. The van der Waals surface area contributed by atoms with Crippen molar-refractivity contribution in [2.24, 2.45) is 11.8 Å². The van der Waals surface area contributed by atoms with Crippen LogP contribution >= 0.6 is 0 Å².